The van der Waals surface area contributed by atoms with Crippen LogP contribution in [0.5, 0.6) is 0 Å². The van der Waals surface area contributed by atoms with Crippen molar-refractivity contribution in [3.8, 4) is 0 Å². The third-order valence-corrected chi connectivity index (χ3v) is 6.83. The summed E-state index contributed by atoms with van der Waals surface area (Å²) in [5.41, 5.74) is 6.10. The summed E-state index contributed by atoms with van der Waals surface area (Å²) in [5, 5.41) is 2.99. The number of unbranched alkanes of at least 4 members (excludes halogenated alkanes) is 8. The summed E-state index contributed by atoms with van der Waals surface area (Å²) in [4.78, 5) is 24.4. The van der Waals surface area contributed by atoms with E-state index in [1.807, 2.05) is 24.3 Å². The molecule has 0 fully saturated rings. The van der Waals surface area contributed by atoms with E-state index in [0.717, 1.165) is 49.1 Å². The molecule has 0 spiro atoms. The van der Waals surface area contributed by atoms with Gasteiger partial charge in [-0.15, -0.1) is 11.8 Å². The maximum absolute atomic E-state index is 12.3. The Morgan fingerprint density at radius 3 is 2.20 bits per heavy atom. The summed E-state index contributed by atoms with van der Waals surface area (Å²) < 4.78 is 19.2. The molecule has 6 nitrogen and oxygen atoms in total. The average Bonchev–Trinajstić information content (AvgIpc) is 2.70. The summed E-state index contributed by atoms with van der Waals surface area (Å²) in [7, 11) is 0. The van der Waals surface area contributed by atoms with Gasteiger partial charge in [-0.2, -0.15) is 0 Å². The fourth-order valence-electron chi connectivity index (χ4n) is 2.95. The lowest BCUT2D eigenvalue weighted by Gasteiger charge is -2.12. The second kappa shape index (κ2) is 16.3. The topological polar surface area (TPSA) is 109 Å². The van der Waals surface area contributed by atoms with E-state index in [1.165, 1.54) is 31.0 Å². The van der Waals surface area contributed by atoms with Crippen LogP contribution < -0.4 is 11.1 Å². The van der Waals surface area contributed by atoms with Crippen molar-refractivity contribution in [3.05, 3.63) is 24.3 Å². The number of thioether (sulfide) groups is 1. The van der Waals surface area contributed by atoms with E-state index in [2.05, 4.69) is 5.32 Å². The maximum Gasteiger partial charge on any atom is 0.224 e. The van der Waals surface area contributed by atoms with Gasteiger partial charge >= 0.3 is 0 Å². The molecular weight excluding hydrogens is 420 g/mol. The van der Waals surface area contributed by atoms with Gasteiger partial charge in [-0.05, 0) is 25.0 Å². The van der Waals surface area contributed by atoms with Crippen molar-refractivity contribution in [2.45, 2.75) is 76.0 Å². The molecule has 30 heavy (non-hydrogen) atoms. The van der Waals surface area contributed by atoms with E-state index in [0.29, 0.717) is 17.9 Å². The van der Waals surface area contributed by atoms with Gasteiger partial charge in [-0.25, -0.2) is 4.21 Å². The van der Waals surface area contributed by atoms with Crippen LogP contribution in [-0.2, 0) is 20.7 Å². The normalized spacial score (nSPS) is 13.0. The summed E-state index contributed by atoms with van der Waals surface area (Å²) in [6.07, 6.45) is 10.0. The van der Waals surface area contributed by atoms with Gasteiger partial charge in [0.2, 0.25) is 11.8 Å². The molecule has 170 valence electrons. The third-order valence-electron chi connectivity index (χ3n) is 4.86. The van der Waals surface area contributed by atoms with E-state index < -0.39 is 11.1 Å². The number of nitrogens with one attached hydrogen (secondary N) is 1. The molecule has 0 aliphatic rings. The molecule has 1 aromatic carbocycles. The average molecular weight is 457 g/mol. The zero-order valence-corrected chi connectivity index (χ0v) is 19.6. The molecule has 0 aliphatic carbocycles. The number of primary amides is 1. The lowest BCUT2D eigenvalue weighted by atomic mass is 10.1. The molecule has 0 aliphatic heterocycles. The molecule has 0 aromatic heterocycles. The number of carbonyl (C=O) groups excluding carboxylic acids is 2. The molecule has 2 unspecified atom stereocenters. The number of rotatable bonds is 17. The number of hydrogen-bond acceptors (Lipinski definition) is 4. The summed E-state index contributed by atoms with van der Waals surface area (Å²) in [5.74, 6) is 0.460. The molecule has 0 bridgehead atoms. The zero-order chi connectivity index (χ0) is 22.2. The van der Waals surface area contributed by atoms with E-state index in [1.54, 1.807) is 6.92 Å². The molecule has 8 heteroatoms. The minimum Gasteiger partial charge on any atom is -0.369 e. The molecule has 2 amide bonds. The molecule has 0 saturated heterocycles. The minimum absolute atomic E-state index is 0.0206. The van der Waals surface area contributed by atoms with Crippen LogP contribution in [0.25, 0.3) is 0 Å². The predicted octanol–water partition coefficient (Wildman–Crippen LogP) is 4.96. The highest BCUT2D eigenvalue weighted by atomic mass is 32.2. The van der Waals surface area contributed by atoms with Crippen LogP contribution in [0.3, 0.4) is 0 Å². The number of hydrogen-bond donors (Lipinski definition) is 3. The first-order chi connectivity index (χ1) is 14.4. The molecule has 1 rings (SSSR count). The fourth-order valence-corrected chi connectivity index (χ4v) is 4.45. The van der Waals surface area contributed by atoms with Gasteiger partial charge in [0.15, 0.2) is 11.1 Å². The molecule has 4 N–H and O–H groups in total. The molecule has 0 heterocycles. The van der Waals surface area contributed by atoms with Gasteiger partial charge in [-0.1, -0.05) is 64.0 Å². The molecule has 0 radical (unpaired) electrons. The number of carbonyl (C=O) groups is 2. The second-order valence-electron chi connectivity index (χ2n) is 7.62. The Kier molecular flexibility index (Phi) is 14.5. The monoisotopic (exact) mass is 456 g/mol. The van der Waals surface area contributed by atoms with Gasteiger partial charge < -0.3 is 15.6 Å². The van der Waals surface area contributed by atoms with Crippen molar-refractivity contribution < 1.29 is 18.4 Å². The highest BCUT2D eigenvalue weighted by Crippen LogP contribution is 2.28. The maximum atomic E-state index is 12.3. The largest absolute Gasteiger partial charge is 0.369 e. The van der Waals surface area contributed by atoms with E-state index >= 15 is 0 Å². The van der Waals surface area contributed by atoms with Crippen molar-refractivity contribution in [1.29, 1.82) is 0 Å². The first kappa shape index (κ1) is 26.7. The first-order valence-corrected chi connectivity index (χ1v) is 13.0. The Morgan fingerprint density at radius 2 is 1.60 bits per heavy atom. The lowest BCUT2D eigenvalue weighted by Crippen LogP contribution is -2.22. The first-order valence-electron chi connectivity index (χ1n) is 10.8. The summed E-state index contributed by atoms with van der Waals surface area (Å²) in [6, 6.07) is 7.63. The third kappa shape index (κ3) is 13.0. The van der Waals surface area contributed by atoms with Crippen molar-refractivity contribution in [2.75, 3.05) is 16.8 Å². The number of anilines is 1. The quantitative estimate of drug-likeness (QED) is 0.174. The van der Waals surface area contributed by atoms with Crippen molar-refractivity contribution >= 4 is 40.3 Å². The van der Waals surface area contributed by atoms with Crippen molar-refractivity contribution in [2.24, 2.45) is 11.7 Å². The van der Waals surface area contributed by atoms with Crippen LogP contribution in [-0.4, -0.2) is 32.1 Å². The van der Waals surface area contributed by atoms with Crippen LogP contribution in [0.4, 0.5) is 5.69 Å². The second-order valence-corrected chi connectivity index (χ2v) is 9.73. The highest BCUT2D eigenvalue weighted by molar-refractivity contribution is 7.99. The minimum atomic E-state index is -1.65. The van der Waals surface area contributed by atoms with Crippen LogP contribution in [0.15, 0.2) is 29.2 Å². The van der Waals surface area contributed by atoms with Crippen LogP contribution in [0, 0.1) is 5.92 Å². The Bertz CT molecular complexity index is 670. The molecule has 1 aromatic rings. The summed E-state index contributed by atoms with van der Waals surface area (Å²) in [6.45, 7) is 1.80. The predicted molar refractivity (Wildman–Crippen MR) is 126 cm³/mol. The fraction of sp³-hybridized carbons (Fsp3) is 0.636. The van der Waals surface area contributed by atoms with Gasteiger partial charge in [0, 0.05) is 28.7 Å². The van der Waals surface area contributed by atoms with Gasteiger partial charge in [0.05, 0.1) is 5.69 Å². The van der Waals surface area contributed by atoms with Gasteiger partial charge in [0.25, 0.3) is 0 Å². The Balaban J connectivity index is 2.14. The molecular formula is C22H36N2O4S2. The number of nitrogens with two attached hydrogens (primary N) is 1. The Labute approximate surface area is 187 Å². The van der Waals surface area contributed by atoms with E-state index in [4.69, 9.17) is 10.3 Å². The molecule has 0 saturated carbocycles. The van der Waals surface area contributed by atoms with Gasteiger partial charge in [-0.3, -0.25) is 9.59 Å². The summed E-state index contributed by atoms with van der Waals surface area (Å²) >= 11 is -0.124. The zero-order valence-electron chi connectivity index (χ0n) is 17.9. The Morgan fingerprint density at radius 1 is 1.03 bits per heavy atom. The van der Waals surface area contributed by atoms with Crippen LogP contribution in [0.2, 0.25) is 0 Å². The van der Waals surface area contributed by atoms with Crippen LogP contribution in [0.1, 0.15) is 71.1 Å². The SMILES string of the molecule is CC(CSc1ccccc1NC(=O)CCCCCCCCCCCS(=O)O)C(N)=O. The van der Waals surface area contributed by atoms with E-state index in [9.17, 15) is 13.8 Å². The number of para-hydroxylation sites is 1. The molecule has 2 atom stereocenters. The highest BCUT2D eigenvalue weighted by Gasteiger charge is 2.12. The lowest BCUT2D eigenvalue weighted by molar-refractivity contribution is -0.120. The standard InChI is InChI=1S/C22H36N2O4S2/c1-18(22(23)26)17-29-20-14-11-10-13-19(20)24-21(25)15-9-7-5-3-2-4-6-8-12-16-30(27)28/h10-11,13-14,18H,2-9,12,15-17H2,1H3,(H2,23,26)(H,24,25)(H,27,28). The van der Waals surface area contributed by atoms with Crippen molar-refractivity contribution in [1.82, 2.24) is 0 Å². The number of amides is 2. The number of benzene rings is 1. The van der Waals surface area contributed by atoms with Crippen molar-refractivity contribution in [3.63, 3.8) is 0 Å². The van der Waals surface area contributed by atoms with Gasteiger partial charge in [0.1, 0.15) is 0 Å². The Hall–Kier alpha value is -1.38. The van der Waals surface area contributed by atoms with E-state index in [-0.39, 0.29) is 17.7 Å². The van der Waals surface area contributed by atoms with Crippen LogP contribution >= 0.6 is 11.8 Å². The smallest absolute Gasteiger partial charge is 0.224 e.